The van der Waals surface area contributed by atoms with Gasteiger partial charge in [0.2, 0.25) is 0 Å². The molecule has 4 nitrogen and oxygen atoms in total. The molecule has 0 aromatic heterocycles. The first kappa shape index (κ1) is 19.2. The molecule has 1 rings (SSSR count). The molecule has 0 bridgehead atoms. The zero-order chi connectivity index (χ0) is 17.1. The molecule has 1 unspecified atom stereocenters. The molecule has 0 amide bonds. The zero-order valence-electron chi connectivity index (χ0n) is 14.5. The van der Waals surface area contributed by atoms with Crippen molar-refractivity contribution in [3.05, 3.63) is 35.4 Å². The van der Waals surface area contributed by atoms with Crippen LogP contribution in [-0.4, -0.2) is 24.6 Å². The van der Waals surface area contributed by atoms with E-state index in [1.807, 2.05) is 25.1 Å². The fourth-order valence-corrected chi connectivity index (χ4v) is 2.45. The van der Waals surface area contributed by atoms with Crippen molar-refractivity contribution in [1.29, 1.82) is 0 Å². The van der Waals surface area contributed by atoms with Crippen molar-refractivity contribution >= 4 is 11.9 Å². The van der Waals surface area contributed by atoms with Crippen molar-refractivity contribution in [2.75, 3.05) is 6.61 Å². The van der Waals surface area contributed by atoms with Gasteiger partial charge in [0.15, 0.2) is 0 Å². The van der Waals surface area contributed by atoms with Crippen LogP contribution in [0.15, 0.2) is 24.3 Å². The molecule has 23 heavy (non-hydrogen) atoms. The maximum absolute atomic E-state index is 12.5. The molecule has 1 aromatic carbocycles. The Bertz CT molecular complexity index is 496. The van der Waals surface area contributed by atoms with Crippen LogP contribution >= 0.6 is 0 Å². The molecule has 0 aliphatic rings. The van der Waals surface area contributed by atoms with E-state index in [1.54, 1.807) is 13.0 Å². The molecular weight excluding hydrogens is 292 g/mol. The molecule has 0 saturated carbocycles. The van der Waals surface area contributed by atoms with E-state index in [9.17, 15) is 9.59 Å². The second kappa shape index (κ2) is 10.8. The molecule has 1 aromatic rings. The predicted octanol–water partition coefficient (Wildman–Crippen LogP) is 4.31. The third-order valence-corrected chi connectivity index (χ3v) is 3.62. The minimum absolute atomic E-state index is 0.116. The summed E-state index contributed by atoms with van der Waals surface area (Å²) < 4.78 is 10.5. The van der Waals surface area contributed by atoms with Crippen LogP contribution in [0.1, 0.15) is 68.8 Å². The Hall–Kier alpha value is -1.84. The van der Waals surface area contributed by atoms with Gasteiger partial charge in [-0.3, -0.25) is 4.79 Å². The maximum atomic E-state index is 12.5. The monoisotopic (exact) mass is 320 g/mol. The van der Waals surface area contributed by atoms with E-state index in [2.05, 4.69) is 6.92 Å². The van der Waals surface area contributed by atoms with Crippen molar-refractivity contribution in [1.82, 2.24) is 0 Å². The number of benzene rings is 1. The fraction of sp³-hybridized carbons (Fsp3) is 0.579. The van der Waals surface area contributed by atoms with Crippen LogP contribution in [0.3, 0.4) is 0 Å². The average Bonchev–Trinajstić information content (AvgIpc) is 2.53. The van der Waals surface area contributed by atoms with E-state index in [4.69, 9.17) is 9.47 Å². The molecule has 0 aliphatic heterocycles. The SMILES string of the molecule is CCCCc1ccccc1C(=O)OC(CCC)CC(=O)OCC. The zero-order valence-corrected chi connectivity index (χ0v) is 14.5. The van der Waals surface area contributed by atoms with Crippen molar-refractivity contribution in [3.8, 4) is 0 Å². The molecular formula is C19H28O4. The molecule has 0 saturated heterocycles. The number of aryl methyl sites for hydroxylation is 1. The van der Waals surface area contributed by atoms with Gasteiger partial charge < -0.3 is 9.47 Å². The Balaban J connectivity index is 2.76. The fourth-order valence-electron chi connectivity index (χ4n) is 2.45. The first-order valence-electron chi connectivity index (χ1n) is 8.56. The van der Waals surface area contributed by atoms with Crippen molar-refractivity contribution in [2.45, 2.75) is 65.4 Å². The number of rotatable bonds is 10. The summed E-state index contributed by atoms with van der Waals surface area (Å²) in [5.41, 5.74) is 1.61. The van der Waals surface area contributed by atoms with Gasteiger partial charge in [-0.2, -0.15) is 0 Å². The van der Waals surface area contributed by atoms with Crippen molar-refractivity contribution in [2.24, 2.45) is 0 Å². The van der Waals surface area contributed by atoms with Gasteiger partial charge in [0, 0.05) is 0 Å². The molecule has 4 heteroatoms. The van der Waals surface area contributed by atoms with Gasteiger partial charge in [-0.05, 0) is 37.8 Å². The topological polar surface area (TPSA) is 52.6 Å². The van der Waals surface area contributed by atoms with Gasteiger partial charge in [0.1, 0.15) is 6.10 Å². The highest BCUT2D eigenvalue weighted by molar-refractivity contribution is 5.91. The second-order valence-corrected chi connectivity index (χ2v) is 5.59. The normalized spacial score (nSPS) is 11.8. The highest BCUT2D eigenvalue weighted by Gasteiger charge is 2.21. The van der Waals surface area contributed by atoms with Gasteiger partial charge in [0.05, 0.1) is 18.6 Å². The predicted molar refractivity (Wildman–Crippen MR) is 90.4 cm³/mol. The van der Waals surface area contributed by atoms with E-state index < -0.39 is 6.10 Å². The minimum Gasteiger partial charge on any atom is -0.466 e. The van der Waals surface area contributed by atoms with Crippen LogP contribution < -0.4 is 0 Å². The largest absolute Gasteiger partial charge is 0.466 e. The Morgan fingerprint density at radius 3 is 2.48 bits per heavy atom. The average molecular weight is 320 g/mol. The molecule has 1 atom stereocenters. The van der Waals surface area contributed by atoms with Gasteiger partial charge in [-0.15, -0.1) is 0 Å². The first-order valence-corrected chi connectivity index (χ1v) is 8.56. The van der Waals surface area contributed by atoms with Gasteiger partial charge >= 0.3 is 11.9 Å². The Morgan fingerprint density at radius 1 is 1.09 bits per heavy atom. The Kier molecular flexibility index (Phi) is 9.03. The summed E-state index contributed by atoms with van der Waals surface area (Å²) in [6.07, 6.45) is 4.15. The minimum atomic E-state index is -0.425. The van der Waals surface area contributed by atoms with E-state index in [-0.39, 0.29) is 18.4 Å². The second-order valence-electron chi connectivity index (χ2n) is 5.59. The molecule has 0 aliphatic carbocycles. The van der Waals surface area contributed by atoms with Crippen LogP contribution in [-0.2, 0) is 20.7 Å². The molecule has 0 spiro atoms. The first-order chi connectivity index (χ1) is 11.1. The molecule has 0 heterocycles. The van der Waals surface area contributed by atoms with Crippen molar-refractivity contribution in [3.63, 3.8) is 0 Å². The summed E-state index contributed by atoms with van der Waals surface area (Å²) in [4.78, 5) is 24.1. The van der Waals surface area contributed by atoms with Gasteiger partial charge in [-0.1, -0.05) is 44.9 Å². The number of hydrogen-bond acceptors (Lipinski definition) is 4. The van der Waals surface area contributed by atoms with Crippen molar-refractivity contribution < 1.29 is 19.1 Å². The molecule has 128 valence electrons. The quantitative estimate of drug-likeness (QED) is 0.603. The van der Waals surface area contributed by atoms with E-state index in [0.29, 0.717) is 18.6 Å². The standard InChI is InChI=1S/C19H28O4/c1-4-7-11-15-12-8-9-13-17(15)19(21)23-16(10-5-2)14-18(20)22-6-3/h8-9,12-13,16H,4-7,10-11,14H2,1-3H3. The number of esters is 2. The third-order valence-electron chi connectivity index (χ3n) is 3.62. The maximum Gasteiger partial charge on any atom is 0.338 e. The smallest absolute Gasteiger partial charge is 0.338 e. The van der Waals surface area contributed by atoms with Gasteiger partial charge in [0.25, 0.3) is 0 Å². The molecule has 0 fully saturated rings. The summed E-state index contributed by atoms with van der Waals surface area (Å²) in [7, 11) is 0. The highest BCUT2D eigenvalue weighted by atomic mass is 16.6. The van der Waals surface area contributed by atoms with Crippen LogP contribution in [0.2, 0.25) is 0 Å². The Labute approximate surface area is 139 Å². The highest BCUT2D eigenvalue weighted by Crippen LogP contribution is 2.17. The number of hydrogen-bond donors (Lipinski definition) is 0. The lowest BCUT2D eigenvalue weighted by molar-refractivity contribution is -0.145. The lowest BCUT2D eigenvalue weighted by atomic mass is 10.0. The van der Waals surface area contributed by atoms with Gasteiger partial charge in [-0.25, -0.2) is 4.79 Å². The number of unbranched alkanes of at least 4 members (excludes halogenated alkanes) is 1. The van der Waals surface area contributed by atoms with Crippen LogP contribution in [0, 0.1) is 0 Å². The summed E-state index contributed by atoms with van der Waals surface area (Å²) in [5.74, 6) is -0.669. The van der Waals surface area contributed by atoms with Crippen LogP contribution in [0.25, 0.3) is 0 Å². The third kappa shape index (κ3) is 6.85. The van der Waals surface area contributed by atoms with E-state index >= 15 is 0 Å². The number of ether oxygens (including phenoxy) is 2. The van der Waals surface area contributed by atoms with Crippen LogP contribution in [0.4, 0.5) is 0 Å². The lowest BCUT2D eigenvalue weighted by Crippen LogP contribution is -2.23. The van der Waals surface area contributed by atoms with Crippen LogP contribution in [0.5, 0.6) is 0 Å². The lowest BCUT2D eigenvalue weighted by Gasteiger charge is -2.17. The summed E-state index contributed by atoms with van der Waals surface area (Å²) >= 11 is 0. The Morgan fingerprint density at radius 2 is 1.83 bits per heavy atom. The number of carbonyl (C=O) groups excluding carboxylic acids is 2. The molecule has 0 N–H and O–H groups in total. The van der Waals surface area contributed by atoms with E-state index in [1.165, 1.54) is 0 Å². The summed E-state index contributed by atoms with van der Waals surface area (Å²) in [6.45, 7) is 6.23. The molecule has 0 radical (unpaired) electrons. The number of carbonyl (C=O) groups is 2. The summed E-state index contributed by atoms with van der Waals surface area (Å²) in [5, 5.41) is 0. The summed E-state index contributed by atoms with van der Waals surface area (Å²) in [6, 6.07) is 7.53. The van der Waals surface area contributed by atoms with E-state index in [0.717, 1.165) is 31.2 Å².